The molecule has 4 aromatic rings. The molecule has 2 N–H and O–H groups in total. The van der Waals surface area contributed by atoms with Gasteiger partial charge in [0.05, 0.1) is 24.4 Å². The molecule has 2 saturated heterocycles. The van der Waals surface area contributed by atoms with E-state index >= 15 is 0 Å². The second-order valence-corrected chi connectivity index (χ2v) is 10.6. The van der Waals surface area contributed by atoms with Gasteiger partial charge in [0.2, 0.25) is 5.91 Å². The lowest BCUT2D eigenvalue weighted by Gasteiger charge is -2.29. The quantitative estimate of drug-likeness (QED) is 0.376. The average molecular weight is 502 g/mol. The normalized spacial score (nSPS) is 19.6. The lowest BCUT2D eigenvalue weighted by Crippen LogP contribution is -2.38. The van der Waals surface area contributed by atoms with Crippen LogP contribution in [0.2, 0.25) is 0 Å². The first kappa shape index (κ1) is 23.2. The summed E-state index contributed by atoms with van der Waals surface area (Å²) in [7, 11) is 0. The molecule has 0 saturated carbocycles. The monoisotopic (exact) mass is 501 g/mol. The highest BCUT2D eigenvalue weighted by molar-refractivity contribution is 7.10. The molecule has 2 fully saturated rings. The van der Waals surface area contributed by atoms with Gasteiger partial charge < -0.3 is 15.0 Å². The summed E-state index contributed by atoms with van der Waals surface area (Å²) in [6.07, 6.45) is 2.26. The van der Waals surface area contributed by atoms with Gasteiger partial charge in [-0.2, -0.15) is 5.10 Å². The number of carbonyl (C=O) groups excluding carboxylic acids is 1. The van der Waals surface area contributed by atoms with E-state index in [0.717, 1.165) is 78.4 Å². The molecule has 2 unspecified atom stereocenters. The van der Waals surface area contributed by atoms with E-state index in [1.165, 1.54) is 5.69 Å². The zero-order chi connectivity index (χ0) is 24.5. The molecule has 2 atom stereocenters. The summed E-state index contributed by atoms with van der Waals surface area (Å²) in [4.78, 5) is 19.3. The van der Waals surface area contributed by atoms with Crippen LogP contribution in [0.4, 0.5) is 11.4 Å². The lowest BCUT2D eigenvalue weighted by molar-refractivity contribution is -0.121. The van der Waals surface area contributed by atoms with Gasteiger partial charge in [0.1, 0.15) is 6.04 Å². The summed E-state index contributed by atoms with van der Waals surface area (Å²) in [6, 6.07) is 18.7. The predicted octanol–water partition coefficient (Wildman–Crippen LogP) is 5.29. The number of morpholine rings is 1. The molecule has 0 aliphatic carbocycles. The Morgan fingerprint density at radius 3 is 2.69 bits per heavy atom. The molecular formula is C28H31N5O2S. The van der Waals surface area contributed by atoms with Crippen LogP contribution >= 0.6 is 11.3 Å². The number of aromatic nitrogens is 2. The van der Waals surface area contributed by atoms with Gasteiger partial charge in [0.25, 0.3) is 0 Å². The molecular weight excluding hydrogens is 470 g/mol. The molecule has 4 heterocycles. The number of ether oxygens (including phenoxy) is 1. The fourth-order valence-corrected chi connectivity index (χ4v) is 6.25. The Bertz CT molecular complexity index is 1330. The van der Waals surface area contributed by atoms with Crippen LogP contribution in [0.25, 0.3) is 22.2 Å². The third kappa shape index (κ3) is 4.52. The highest BCUT2D eigenvalue weighted by Gasteiger charge is 2.34. The number of aromatic amines is 1. The third-order valence-corrected chi connectivity index (χ3v) is 8.27. The number of nitrogens with zero attached hydrogens (tertiary/aromatic N) is 3. The van der Waals surface area contributed by atoms with Gasteiger partial charge in [-0.3, -0.25) is 14.8 Å². The summed E-state index contributed by atoms with van der Waals surface area (Å²) in [5, 5.41) is 14.0. The fraction of sp³-hybridized carbons (Fsp3) is 0.357. The van der Waals surface area contributed by atoms with Crippen LogP contribution in [0.3, 0.4) is 0 Å². The first-order valence-electron chi connectivity index (χ1n) is 12.7. The minimum Gasteiger partial charge on any atom is -0.378 e. The number of likely N-dealkylation sites (tertiary alicyclic amines) is 1. The van der Waals surface area contributed by atoms with Crippen LogP contribution in [0.15, 0.2) is 60.0 Å². The van der Waals surface area contributed by atoms with E-state index in [-0.39, 0.29) is 11.9 Å². The summed E-state index contributed by atoms with van der Waals surface area (Å²) in [6.45, 7) is 6.53. The number of thiophene rings is 1. The van der Waals surface area contributed by atoms with Crippen LogP contribution in [0, 0.1) is 0 Å². The summed E-state index contributed by atoms with van der Waals surface area (Å²) >= 11 is 1.65. The van der Waals surface area contributed by atoms with Crippen molar-refractivity contribution in [2.75, 3.05) is 43.1 Å². The molecule has 2 aliphatic heterocycles. The van der Waals surface area contributed by atoms with Crippen molar-refractivity contribution in [3.63, 3.8) is 0 Å². The number of carbonyl (C=O) groups is 1. The number of hydrogen-bond acceptors (Lipinski definition) is 6. The molecule has 0 spiro atoms. The molecule has 1 amide bonds. The number of hydrogen-bond donors (Lipinski definition) is 2. The van der Waals surface area contributed by atoms with Gasteiger partial charge >= 0.3 is 0 Å². The predicted molar refractivity (Wildman–Crippen MR) is 146 cm³/mol. The first-order chi connectivity index (χ1) is 17.7. The van der Waals surface area contributed by atoms with E-state index in [1.807, 2.05) is 29.6 Å². The smallest absolute Gasteiger partial charge is 0.247 e. The number of amides is 1. The molecule has 2 aliphatic rings. The number of benzene rings is 2. The maximum atomic E-state index is 13.6. The molecule has 6 rings (SSSR count). The lowest BCUT2D eigenvalue weighted by atomic mass is 10.1. The Kier molecular flexibility index (Phi) is 6.48. The van der Waals surface area contributed by atoms with Crippen LogP contribution in [0.1, 0.15) is 30.7 Å². The van der Waals surface area contributed by atoms with Crippen LogP contribution in [-0.2, 0) is 9.53 Å². The second kappa shape index (κ2) is 10.0. The van der Waals surface area contributed by atoms with E-state index in [0.29, 0.717) is 6.04 Å². The van der Waals surface area contributed by atoms with Gasteiger partial charge in [-0.05, 0) is 68.1 Å². The van der Waals surface area contributed by atoms with Crippen molar-refractivity contribution in [3.8, 4) is 11.3 Å². The fourth-order valence-electron chi connectivity index (χ4n) is 5.40. The van der Waals surface area contributed by atoms with Crippen LogP contribution in [0.5, 0.6) is 0 Å². The van der Waals surface area contributed by atoms with Gasteiger partial charge in [-0.15, -0.1) is 11.3 Å². The summed E-state index contributed by atoms with van der Waals surface area (Å²) in [5.74, 6) is 0.0189. The molecule has 0 bridgehead atoms. The van der Waals surface area contributed by atoms with Crippen molar-refractivity contribution in [2.24, 2.45) is 0 Å². The number of rotatable bonds is 6. The van der Waals surface area contributed by atoms with Crippen LogP contribution in [-0.4, -0.2) is 59.9 Å². The maximum absolute atomic E-state index is 13.6. The number of H-pyrrole nitrogens is 1. The molecule has 2 aromatic carbocycles. The van der Waals surface area contributed by atoms with Crippen molar-refractivity contribution in [1.29, 1.82) is 0 Å². The van der Waals surface area contributed by atoms with Crippen LogP contribution < -0.4 is 10.2 Å². The number of anilines is 2. The van der Waals surface area contributed by atoms with Crippen molar-refractivity contribution in [2.45, 2.75) is 31.8 Å². The minimum atomic E-state index is -0.269. The largest absolute Gasteiger partial charge is 0.378 e. The maximum Gasteiger partial charge on any atom is 0.247 e. The van der Waals surface area contributed by atoms with Gasteiger partial charge in [0.15, 0.2) is 0 Å². The zero-order valence-electron chi connectivity index (χ0n) is 20.4. The van der Waals surface area contributed by atoms with Gasteiger partial charge in [0, 0.05) is 46.3 Å². The second-order valence-electron chi connectivity index (χ2n) is 9.62. The van der Waals surface area contributed by atoms with Gasteiger partial charge in [-0.1, -0.05) is 18.2 Å². The number of fused-ring (bicyclic) bond motifs is 1. The summed E-state index contributed by atoms with van der Waals surface area (Å²) < 4.78 is 5.47. The standard InChI is InChI=1S/C28H31N5O2S/c1-19-4-2-12-33(19)27(25-5-3-17-36-25)28(34)29-21-8-11-24-23(18-21)26(31-30-24)20-6-9-22(10-7-20)32-13-15-35-16-14-32/h3,5-11,17-19,27H,2,4,12-16H2,1H3,(H,29,34)(H,30,31). The van der Waals surface area contributed by atoms with Crippen molar-refractivity contribution in [1.82, 2.24) is 15.1 Å². The van der Waals surface area contributed by atoms with E-state index in [4.69, 9.17) is 4.74 Å². The Hall–Kier alpha value is -3.20. The molecule has 0 radical (unpaired) electrons. The molecule has 186 valence electrons. The molecule has 36 heavy (non-hydrogen) atoms. The third-order valence-electron chi connectivity index (χ3n) is 7.34. The molecule has 2 aromatic heterocycles. The Morgan fingerprint density at radius 2 is 1.97 bits per heavy atom. The highest BCUT2D eigenvalue weighted by Crippen LogP contribution is 2.34. The Labute approximate surface area is 215 Å². The van der Waals surface area contributed by atoms with E-state index in [2.05, 4.69) is 62.6 Å². The number of nitrogens with one attached hydrogen (secondary N) is 2. The average Bonchev–Trinajstić information content (AvgIpc) is 3.67. The SMILES string of the molecule is CC1CCCN1C(C(=O)Nc1ccc2[nH]nc(-c3ccc(N4CCOCC4)cc3)c2c1)c1cccs1. The topological polar surface area (TPSA) is 73.5 Å². The Balaban J connectivity index is 1.25. The minimum absolute atomic E-state index is 0.0189. The zero-order valence-corrected chi connectivity index (χ0v) is 21.3. The van der Waals surface area contributed by atoms with E-state index < -0.39 is 0 Å². The van der Waals surface area contributed by atoms with E-state index in [9.17, 15) is 4.79 Å². The van der Waals surface area contributed by atoms with Crippen molar-refractivity contribution >= 4 is 39.5 Å². The molecule has 8 heteroatoms. The Morgan fingerprint density at radius 1 is 1.14 bits per heavy atom. The molecule has 7 nitrogen and oxygen atoms in total. The van der Waals surface area contributed by atoms with Crippen molar-refractivity contribution in [3.05, 3.63) is 64.9 Å². The summed E-state index contributed by atoms with van der Waals surface area (Å²) in [5.41, 5.74) is 4.86. The van der Waals surface area contributed by atoms with Gasteiger partial charge in [-0.25, -0.2) is 0 Å². The first-order valence-corrected chi connectivity index (χ1v) is 13.6. The highest BCUT2D eigenvalue weighted by atomic mass is 32.1. The van der Waals surface area contributed by atoms with E-state index in [1.54, 1.807) is 11.3 Å². The van der Waals surface area contributed by atoms with Crippen molar-refractivity contribution < 1.29 is 9.53 Å².